The van der Waals surface area contributed by atoms with E-state index in [1.807, 2.05) is 11.8 Å². The fourth-order valence-electron chi connectivity index (χ4n) is 3.14. The Balaban J connectivity index is 1.71. The van der Waals surface area contributed by atoms with Crippen LogP contribution in [0.25, 0.3) is 0 Å². The summed E-state index contributed by atoms with van der Waals surface area (Å²) in [5.41, 5.74) is 0. The molecule has 1 atom stereocenters. The summed E-state index contributed by atoms with van der Waals surface area (Å²) in [6, 6.07) is 0.542. The van der Waals surface area contributed by atoms with E-state index in [-0.39, 0.29) is 0 Å². The Morgan fingerprint density at radius 2 is 2.00 bits per heavy atom. The van der Waals surface area contributed by atoms with Crippen molar-refractivity contribution in [3.63, 3.8) is 0 Å². The summed E-state index contributed by atoms with van der Waals surface area (Å²) < 4.78 is 0. The Kier molecular flexibility index (Phi) is 4.84. The molecule has 2 rings (SSSR count). The number of piperidine rings is 1. The molecule has 0 aromatic rings. The third kappa shape index (κ3) is 3.70. The predicted molar refractivity (Wildman–Crippen MR) is 69.9 cm³/mol. The van der Waals surface area contributed by atoms with E-state index in [1.165, 1.54) is 38.6 Å². The van der Waals surface area contributed by atoms with Gasteiger partial charge in [-0.15, -0.1) is 0 Å². The third-order valence-corrected chi connectivity index (χ3v) is 4.25. The molecule has 1 heterocycles. The first-order valence-electron chi connectivity index (χ1n) is 7.30. The van der Waals surface area contributed by atoms with E-state index in [2.05, 4.69) is 5.32 Å². The lowest BCUT2D eigenvalue weighted by Crippen LogP contribution is -2.48. The zero-order valence-corrected chi connectivity index (χ0v) is 11.1. The van der Waals surface area contributed by atoms with Crippen molar-refractivity contribution in [3.8, 4) is 0 Å². The lowest BCUT2D eigenvalue weighted by atomic mass is 10.0. The highest BCUT2D eigenvalue weighted by atomic mass is 16.2. The number of carbonyl (C=O) groups is 1. The molecule has 17 heavy (non-hydrogen) atoms. The molecule has 1 saturated heterocycles. The number of nitrogens with zero attached hydrogens (tertiary/aromatic N) is 1. The molecule has 0 aromatic heterocycles. The van der Waals surface area contributed by atoms with Crippen molar-refractivity contribution < 1.29 is 4.79 Å². The van der Waals surface area contributed by atoms with Crippen molar-refractivity contribution in [2.24, 2.45) is 5.92 Å². The Labute approximate surface area is 105 Å². The summed E-state index contributed by atoms with van der Waals surface area (Å²) in [6.45, 7) is 5.02. The van der Waals surface area contributed by atoms with E-state index in [9.17, 15) is 4.79 Å². The molecule has 2 fully saturated rings. The van der Waals surface area contributed by atoms with Gasteiger partial charge in [-0.05, 0) is 38.1 Å². The zero-order chi connectivity index (χ0) is 12.1. The maximum Gasteiger partial charge on any atom is 0.222 e. The number of rotatable bonds is 4. The molecule has 0 spiro atoms. The predicted octanol–water partition coefficient (Wildman–Crippen LogP) is 2.17. The van der Waals surface area contributed by atoms with Crippen LogP contribution in [-0.4, -0.2) is 36.5 Å². The maximum atomic E-state index is 11.7. The Hall–Kier alpha value is -0.570. The molecule has 0 aromatic carbocycles. The van der Waals surface area contributed by atoms with E-state index in [4.69, 9.17) is 0 Å². The molecule has 1 aliphatic heterocycles. The minimum atomic E-state index is 0.317. The van der Waals surface area contributed by atoms with Crippen LogP contribution in [0.3, 0.4) is 0 Å². The van der Waals surface area contributed by atoms with Crippen LogP contribution in [0, 0.1) is 5.92 Å². The Bertz CT molecular complexity index is 249. The molecule has 0 radical (unpaired) electrons. The summed E-state index contributed by atoms with van der Waals surface area (Å²) in [5, 5.41) is 3.68. The molecular formula is C14H26N2O. The van der Waals surface area contributed by atoms with Crippen LogP contribution in [0.15, 0.2) is 0 Å². The monoisotopic (exact) mass is 238 g/mol. The van der Waals surface area contributed by atoms with Crippen LogP contribution < -0.4 is 5.32 Å². The highest BCUT2D eigenvalue weighted by molar-refractivity contribution is 5.75. The number of hydrogen-bond acceptors (Lipinski definition) is 2. The summed E-state index contributed by atoms with van der Waals surface area (Å²) >= 11 is 0. The van der Waals surface area contributed by atoms with Gasteiger partial charge in [-0.3, -0.25) is 4.79 Å². The van der Waals surface area contributed by atoms with Crippen molar-refractivity contribution in [2.45, 2.75) is 57.9 Å². The molecular weight excluding hydrogens is 212 g/mol. The minimum Gasteiger partial charge on any atom is -0.341 e. The first kappa shape index (κ1) is 12.9. The Morgan fingerprint density at radius 1 is 1.24 bits per heavy atom. The van der Waals surface area contributed by atoms with E-state index < -0.39 is 0 Å². The van der Waals surface area contributed by atoms with E-state index in [0.717, 1.165) is 25.4 Å². The fourth-order valence-corrected chi connectivity index (χ4v) is 3.14. The number of hydrogen-bond donors (Lipinski definition) is 1. The maximum absolute atomic E-state index is 11.7. The zero-order valence-electron chi connectivity index (χ0n) is 11.1. The molecule has 1 N–H and O–H groups in total. The second-order valence-electron chi connectivity index (χ2n) is 5.59. The van der Waals surface area contributed by atoms with Crippen molar-refractivity contribution in [1.82, 2.24) is 10.2 Å². The van der Waals surface area contributed by atoms with Crippen LogP contribution in [0.2, 0.25) is 0 Å². The largest absolute Gasteiger partial charge is 0.341 e. The summed E-state index contributed by atoms with van der Waals surface area (Å²) in [5.74, 6) is 1.21. The number of nitrogens with one attached hydrogen (secondary N) is 1. The molecule has 1 saturated carbocycles. The Morgan fingerprint density at radius 3 is 2.71 bits per heavy atom. The van der Waals surface area contributed by atoms with Crippen LogP contribution >= 0.6 is 0 Å². The highest BCUT2D eigenvalue weighted by Crippen LogP contribution is 2.24. The second-order valence-corrected chi connectivity index (χ2v) is 5.59. The van der Waals surface area contributed by atoms with Gasteiger partial charge in [0.05, 0.1) is 0 Å². The van der Waals surface area contributed by atoms with Crippen molar-refractivity contribution in [3.05, 3.63) is 0 Å². The van der Waals surface area contributed by atoms with Gasteiger partial charge >= 0.3 is 0 Å². The van der Waals surface area contributed by atoms with Crippen LogP contribution in [0.5, 0.6) is 0 Å². The molecule has 3 heteroatoms. The van der Waals surface area contributed by atoms with E-state index >= 15 is 0 Å². The summed E-state index contributed by atoms with van der Waals surface area (Å²) in [4.78, 5) is 13.7. The smallest absolute Gasteiger partial charge is 0.222 e. The lowest BCUT2D eigenvalue weighted by molar-refractivity contribution is -0.132. The first-order chi connectivity index (χ1) is 8.29. The molecule has 1 amide bonds. The van der Waals surface area contributed by atoms with Gasteiger partial charge in [-0.25, -0.2) is 0 Å². The van der Waals surface area contributed by atoms with Gasteiger partial charge < -0.3 is 10.2 Å². The molecule has 1 unspecified atom stereocenters. The number of amides is 1. The standard InChI is InChI=1S/C14H26N2O/c1-2-14(17)16-9-5-8-13(11-16)15-10-12-6-3-4-7-12/h12-13,15H,2-11H2,1H3. The lowest BCUT2D eigenvalue weighted by Gasteiger charge is -2.33. The second kappa shape index (κ2) is 6.39. The van der Waals surface area contributed by atoms with Gasteiger partial charge in [0.1, 0.15) is 0 Å². The fraction of sp³-hybridized carbons (Fsp3) is 0.929. The topological polar surface area (TPSA) is 32.3 Å². The summed E-state index contributed by atoms with van der Waals surface area (Å²) in [7, 11) is 0. The van der Waals surface area contributed by atoms with Gasteiger partial charge in [-0.1, -0.05) is 19.8 Å². The molecule has 98 valence electrons. The average molecular weight is 238 g/mol. The van der Waals surface area contributed by atoms with E-state index in [1.54, 1.807) is 0 Å². The summed E-state index contributed by atoms with van der Waals surface area (Å²) in [6.07, 6.45) is 8.67. The SMILES string of the molecule is CCC(=O)N1CCCC(NCC2CCCC2)C1. The van der Waals surface area contributed by atoms with E-state index in [0.29, 0.717) is 18.4 Å². The van der Waals surface area contributed by atoms with Gasteiger partial charge in [-0.2, -0.15) is 0 Å². The minimum absolute atomic E-state index is 0.317. The highest BCUT2D eigenvalue weighted by Gasteiger charge is 2.23. The van der Waals surface area contributed by atoms with Crippen molar-refractivity contribution >= 4 is 5.91 Å². The molecule has 0 bridgehead atoms. The van der Waals surface area contributed by atoms with Gasteiger partial charge in [0.15, 0.2) is 0 Å². The van der Waals surface area contributed by atoms with Gasteiger partial charge in [0, 0.05) is 25.6 Å². The van der Waals surface area contributed by atoms with Crippen molar-refractivity contribution in [1.29, 1.82) is 0 Å². The third-order valence-electron chi connectivity index (χ3n) is 4.25. The van der Waals surface area contributed by atoms with Crippen LogP contribution in [0.4, 0.5) is 0 Å². The normalized spacial score (nSPS) is 26.4. The molecule has 1 aliphatic carbocycles. The van der Waals surface area contributed by atoms with Crippen LogP contribution in [0.1, 0.15) is 51.9 Å². The quantitative estimate of drug-likeness (QED) is 0.814. The number of carbonyl (C=O) groups excluding carboxylic acids is 1. The molecule has 2 aliphatic rings. The van der Waals surface area contributed by atoms with Gasteiger partial charge in [0.25, 0.3) is 0 Å². The average Bonchev–Trinajstić information content (AvgIpc) is 2.89. The van der Waals surface area contributed by atoms with Crippen molar-refractivity contribution in [2.75, 3.05) is 19.6 Å². The first-order valence-corrected chi connectivity index (χ1v) is 7.30. The van der Waals surface area contributed by atoms with Crippen LogP contribution in [-0.2, 0) is 4.79 Å². The number of likely N-dealkylation sites (tertiary alicyclic amines) is 1. The van der Waals surface area contributed by atoms with Gasteiger partial charge in [0.2, 0.25) is 5.91 Å². The molecule has 3 nitrogen and oxygen atoms in total.